The van der Waals surface area contributed by atoms with E-state index in [9.17, 15) is 0 Å². The Labute approximate surface area is 160 Å². The first-order valence-corrected chi connectivity index (χ1v) is 8.35. The number of halogens is 2. The molecule has 0 bridgehead atoms. The van der Waals surface area contributed by atoms with Crippen LogP contribution in [0.5, 0.6) is 0 Å². The molecular formula is C14H21BrIN5S. The van der Waals surface area contributed by atoms with Gasteiger partial charge in [0.15, 0.2) is 5.96 Å². The number of nitrogens with one attached hydrogen (secondary N) is 2. The summed E-state index contributed by atoms with van der Waals surface area (Å²) in [6, 6.07) is 2.11. The number of guanidine groups is 1. The smallest absolute Gasteiger partial charge is 0.191 e. The second-order valence-electron chi connectivity index (χ2n) is 4.81. The number of aliphatic imine (C=N–C) groups is 1. The predicted molar refractivity (Wildman–Crippen MR) is 107 cm³/mol. The SMILES string of the molecule is CN=C(NCc1csc(Br)c1)NCc1c(C)nn(C)c1C.I. The van der Waals surface area contributed by atoms with E-state index in [-0.39, 0.29) is 24.0 Å². The fourth-order valence-electron chi connectivity index (χ4n) is 2.09. The van der Waals surface area contributed by atoms with Gasteiger partial charge >= 0.3 is 0 Å². The number of hydrogen-bond acceptors (Lipinski definition) is 3. The van der Waals surface area contributed by atoms with Gasteiger partial charge in [-0.3, -0.25) is 9.67 Å². The lowest BCUT2D eigenvalue weighted by Gasteiger charge is -2.11. The van der Waals surface area contributed by atoms with E-state index in [1.807, 2.05) is 18.7 Å². The van der Waals surface area contributed by atoms with Crippen LogP contribution in [0, 0.1) is 13.8 Å². The van der Waals surface area contributed by atoms with Crippen LogP contribution >= 0.6 is 51.2 Å². The molecule has 0 saturated carbocycles. The minimum Gasteiger partial charge on any atom is -0.352 e. The molecule has 0 aliphatic rings. The predicted octanol–water partition coefficient (Wildman–Crippen LogP) is 3.34. The molecule has 2 heterocycles. The highest BCUT2D eigenvalue weighted by atomic mass is 127. The van der Waals surface area contributed by atoms with Gasteiger partial charge in [0.2, 0.25) is 0 Å². The molecule has 2 aromatic heterocycles. The molecule has 0 aromatic carbocycles. The van der Waals surface area contributed by atoms with Crippen molar-refractivity contribution in [2.75, 3.05) is 7.05 Å². The Kier molecular flexibility index (Phi) is 7.84. The fourth-order valence-corrected chi connectivity index (χ4v) is 3.30. The van der Waals surface area contributed by atoms with Crippen LogP contribution in [0.4, 0.5) is 0 Å². The van der Waals surface area contributed by atoms with Crippen LogP contribution in [0.1, 0.15) is 22.5 Å². The van der Waals surface area contributed by atoms with Crippen molar-refractivity contribution in [3.8, 4) is 0 Å². The van der Waals surface area contributed by atoms with Crippen LogP contribution in [0.25, 0.3) is 0 Å². The molecule has 0 aliphatic carbocycles. The Balaban J connectivity index is 0.00000242. The number of aryl methyl sites for hydroxylation is 2. The number of nitrogens with zero attached hydrogens (tertiary/aromatic N) is 3. The quantitative estimate of drug-likeness (QED) is 0.387. The van der Waals surface area contributed by atoms with Crippen molar-refractivity contribution in [2.24, 2.45) is 12.0 Å². The van der Waals surface area contributed by atoms with Crippen LogP contribution in [0.2, 0.25) is 0 Å². The van der Waals surface area contributed by atoms with E-state index in [0.29, 0.717) is 0 Å². The second kappa shape index (κ2) is 8.88. The van der Waals surface area contributed by atoms with E-state index in [1.54, 1.807) is 18.4 Å². The van der Waals surface area contributed by atoms with E-state index in [1.165, 1.54) is 16.8 Å². The third-order valence-electron chi connectivity index (χ3n) is 3.40. The molecule has 2 N–H and O–H groups in total. The normalized spacial score (nSPS) is 11.2. The van der Waals surface area contributed by atoms with Crippen molar-refractivity contribution in [3.05, 3.63) is 37.7 Å². The Morgan fingerprint density at radius 2 is 2.05 bits per heavy atom. The van der Waals surface area contributed by atoms with E-state index in [0.717, 1.165) is 28.5 Å². The average molecular weight is 498 g/mol. The summed E-state index contributed by atoms with van der Waals surface area (Å²) in [7, 11) is 3.75. The molecule has 122 valence electrons. The fraction of sp³-hybridized carbons (Fsp3) is 0.429. The Morgan fingerprint density at radius 3 is 2.55 bits per heavy atom. The van der Waals surface area contributed by atoms with Crippen LogP contribution in [0.3, 0.4) is 0 Å². The first-order valence-electron chi connectivity index (χ1n) is 6.67. The largest absolute Gasteiger partial charge is 0.352 e. The highest BCUT2D eigenvalue weighted by molar-refractivity contribution is 14.0. The molecule has 0 radical (unpaired) electrons. The Morgan fingerprint density at radius 1 is 1.36 bits per heavy atom. The van der Waals surface area contributed by atoms with Crippen LogP contribution in [0.15, 0.2) is 20.2 Å². The second-order valence-corrected chi connectivity index (χ2v) is 7.10. The topological polar surface area (TPSA) is 54.2 Å². The molecular weight excluding hydrogens is 477 g/mol. The van der Waals surface area contributed by atoms with Gasteiger partial charge in [0.1, 0.15) is 0 Å². The number of hydrogen-bond donors (Lipinski definition) is 2. The maximum Gasteiger partial charge on any atom is 0.191 e. The third-order valence-corrected chi connectivity index (χ3v) is 4.95. The molecule has 22 heavy (non-hydrogen) atoms. The van der Waals surface area contributed by atoms with Gasteiger partial charge in [-0.2, -0.15) is 5.10 Å². The highest BCUT2D eigenvalue weighted by Crippen LogP contribution is 2.20. The summed E-state index contributed by atoms with van der Waals surface area (Å²) in [6.45, 7) is 5.59. The molecule has 0 spiro atoms. The monoisotopic (exact) mass is 497 g/mol. The van der Waals surface area contributed by atoms with E-state index in [2.05, 4.69) is 55.0 Å². The van der Waals surface area contributed by atoms with Gasteiger partial charge in [0.05, 0.1) is 9.48 Å². The van der Waals surface area contributed by atoms with E-state index >= 15 is 0 Å². The van der Waals surface area contributed by atoms with Gasteiger partial charge in [-0.05, 0) is 46.8 Å². The maximum absolute atomic E-state index is 4.42. The van der Waals surface area contributed by atoms with Crippen LogP contribution < -0.4 is 10.6 Å². The van der Waals surface area contributed by atoms with Crippen LogP contribution in [-0.2, 0) is 20.1 Å². The van der Waals surface area contributed by atoms with Gasteiger partial charge in [-0.15, -0.1) is 35.3 Å². The first-order chi connectivity index (χ1) is 10.0. The number of thiophene rings is 1. The Bertz CT molecular complexity index is 650. The minimum atomic E-state index is 0. The molecule has 2 rings (SSSR count). The van der Waals surface area contributed by atoms with Crippen molar-refractivity contribution < 1.29 is 0 Å². The molecule has 8 heteroatoms. The third kappa shape index (κ3) is 4.95. The molecule has 0 amide bonds. The Hall–Kier alpha value is -0.610. The molecule has 0 unspecified atom stereocenters. The summed E-state index contributed by atoms with van der Waals surface area (Å²) >= 11 is 5.16. The van der Waals surface area contributed by atoms with Gasteiger partial charge < -0.3 is 10.6 Å². The summed E-state index contributed by atoms with van der Waals surface area (Å²) in [5.74, 6) is 0.792. The van der Waals surface area contributed by atoms with E-state index in [4.69, 9.17) is 0 Å². The van der Waals surface area contributed by atoms with Crippen molar-refractivity contribution in [1.29, 1.82) is 0 Å². The molecule has 5 nitrogen and oxygen atoms in total. The molecule has 0 fully saturated rings. The first kappa shape index (κ1) is 19.4. The summed E-state index contributed by atoms with van der Waals surface area (Å²) in [4.78, 5) is 4.25. The van der Waals surface area contributed by atoms with Crippen molar-refractivity contribution in [2.45, 2.75) is 26.9 Å². The standard InChI is InChI=1S/C14H20BrN5S.HI/c1-9-12(10(2)20(4)19-9)7-18-14(16-3)17-6-11-5-13(15)21-8-11;/h5,8H,6-7H2,1-4H3,(H2,16,17,18);1H. The minimum absolute atomic E-state index is 0. The summed E-state index contributed by atoms with van der Waals surface area (Å²) in [6.07, 6.45) is 0. The highest BCUT2D eigenvalue weighted by Gasteiger charge is 2.09. The number of rotatable bonds is 4. The van der Waals surface area contributed by atoms with E-state index < -0.39 is 0 Å². The lowest BCUT2D eigenvalue weighted by molar-refractivity contribution is 0.728. The zero-order valence-corrected chi connectivity index (χ0v) is 17.8. The molecule has 0 aliphatic heterocycles. The molecule has 0 saturated heterocycles. The zero-order chi connectivity index (χ0) is 15.4. The van der Waals surface area contributed by atoms with Gasteiger partial charge in [-0.1, -0.05) is 0 Å². The van der Waals surface area contributed by atoms with Crippen LogP contribution in [-0.4, -0.2) is 22.8 Å². The van der Waals surface area contributed by atoms with Crippen molar-refractivity contribution in [1.82, 2.24) is 20.4 Å². The summed E-state index contributed by atoms with van der Waals surface area (Å²) in [5.41, 5.74) is 4.69. The summed E-state index contributed by atoms with van der Waals surface area (Å²) < 4.78 is 3.05. The van der Waals surface area contributed by atoms with Gasteiger partial charge in [-0.25, -0.2) is 0 Å². The van der Waals surface area contributed by atoms with Gasteiger partial charge in [0, 0.05) is 38.4 Å². The van der Waals surface area contributed by atoms with Crippen molar-refractivity contribution >= 4 is 57.2 Å². The van der Waals surface area contributed by atoms with Crippen molar-refractivity contribution in [3.63, 3.8) is 0 Å². The van der Waals surface area contributed by atoms with Gasteiger partial charge in [0.25, 0.3) is 0 Å². The average Bonchev–Trinajstić information content (AvgIpc) is 2.96. The lowest BCUT2D eigenvalue weighted by atomic mass is 10.2. The summed E-state index contributed by atoms with van der Waals surface area (Å²) in [5, 5.41) is 13.2. The lowest BCUT2D eigenvalue weighted by Crippen LogP contribution is -2.36. The molecule has 0 atom stereocenters. The maximum atomic E-state index is 4.42. The number of aromatic nitrogens is 2. The zero-order valence-electron chi connectivity index (χ0n) is 13.1. The molecule has 2 aromatic rings.